The summed E-state index contributed by atoms with van der Waals surface area (Å²) in [5, 5.41) is 4.13. The Kier molecular flexibility index (Phi) is 6.32. The topological polar surface area (TPSA) is 62.3 Å². The van der Waals surface area contributed by atoms with Gasteiger partial charge in [0.1, 0.15) is 0 Å². The van der Waals surface area contributed by atoms with Gasteiger partial charge in [0.15, 0.2) is 0 Å². The highest BCUT2D eigenvalue weighted by Gasteiger charge is 2.40. The Morgan fingerprint density at radius 1 is 0.914 bits per heavy atom. The predicted octanol–water partition coefficient (Wildman–Crippen LogP) is 6.08. The maximum atomic E-state index is 13.9. The van der Waals surface area contributed by atoms with Gasteiger partial charge in [-0.1, -0.05) is 60.7 Å². The molecule has 176 valence electrons. The molecule has 1 aromatic heterocycles. The van der Waals surface area contributed by atoms with Gasteiger partial charge >= 0.3 is 0 Å². The molecule has 4 aromatic rings. The summed E-state index contributed by atoms with van der Waals surface area (Å²) in [6.07, 6.45) is 3.24. The summed E-state index contributed by atoms with van der Waals surface area (Å²) in [7, 11) is 0. The zero-order chi connectivity index (χ0) is 24.4. The van der Waals surface area contributed by atoms with Crippen LogP contribution in [0.25, 0.3) is 10.9 Å². The largest absolute Gasteiger partial charge is 0.331 e. The number of carbonyl (C=O) groups is 2. The number of piperidine rings is 1. The van der Waals surface area contributed by atoms with Crippen molar-refractivity contribution in [2.45, 2.75) is 32.7 Å². The summed E-state index contributed by atoms with van der Waals surface area (Å²) in [5.41, 5.74) is 5.17. The van der Waals surface area contributed by atoms with Gasteiger partial charge in [0.05, 0.1) is 17.5 Å². The molecule has 0 bridgehead atoms. The van der Waals surface area contributed by atoms with Crippen LogP contribution in [0.5, 0.6) is 0 Å². The molecule has 1 N–H and O–H groups in total. The first-order valence-corrected chi connectivity index (χ1v) is 12.1. The smallest absolute Gasteiger partial charge is 0.254 e. The van der Waals surface area contributed by atoms with E-state index in [0.29, 0.717) is 18.7 Å². The quantitative estimate of drug-likeness (QED) is 0.399. The Morgan fingerprint density at radius 3 is 2.46 bits per heavy atom. The minimum Gasteiger partial charge on any atom is -0.331 e. The Balaban J connectivity index is 1.49. The first-order chi connectivity index (χ1) is 17.0. The van der Waals surface area contributed by atoms with Crippen LogP contribution in [0.4, 0.5) is 5.69 Å². The standard InChI is InChI=1S/C30H29N3O2/c1-20-9-6-10-21(2)27(20)30(35)33-18-8-14-25(28(33)23-11-4-3-5-12-23)29(34)32-24-16-15-22-13-7-17-31-26(22)19-24/h3-7,9-13,15-17,19,25,28H,8,14,18H2,1-2H3,(H,32,34)/t25-,28-/m0/s1. The third-order valence-electron chi connectivity index (χ3n) is 6.94. The molecule has 0 unspecified atom stereocenters. The predicted molar refractivity (Wildman–Crippen MR) is 139 cm³/mol. The normalized spacial score (nSPS) is 17.8. The fourth-order valence-corrected chi connectivity index (χ4v) is 5.24. The molecule has 5 heteroatoms. The van der Waals surface area contributed by atoms with Crippen molar-refractivity contribution in [2.24, 2.45) is 5.92 Å². The summed E-state index contributed by atoms with van der Waals surface area (Å²) in [6.45, 7) is 4.56. The highest BCUT2D eigenvalue weighted by molar-refractivity contribution is 5.99. The summed E-state index contributed by atoms with van der Waals surface area (Å²) in [5.74, 6) is -0.450. The molecule has 5 rings (SSSR count). The van der Waals surface area contributed by atoms with E-state index in [2.05, 4.69) is 10.3 Å². The number of hydrogen-bond donors (Lipinski definition) is 1. The van der Waals surface area contributed by atoms with Gasteiger partial charge in [0.2, 0.25) is 5.91 Å². The zero-order valence-electron chi connectivity index (χ0n) is 20.1. The van der Waals surface area contributed by atoms with Crippen molar-refractivity contribution in [3.8, 4) is 0 Å². The van der Waals surface area contributed by atoms with Gasteiger partial charge in [-0.2, -0.15) is 0 Å². The van der Waals surface area contributed by atoms with Crippen LogP contribution in [0.3, 0.4) is 0 Å². The Labute approximate surface area is 205 Å². The summed E-state index contributed by atoms with van der Waals surface area (Å²) >= 11 is 0. The molecule has 0 radical (unpaired) electrons. The lowest BCUT2D eigenvalue weighted by molar-refractivity contribution is -0.123. The second kappa shape index (κ2) is 9.71. The van der Waals surface area contributed by atoms with Gasteiger partial charge in [-0.3, -0.25) is 14.6 Å². The van der Waals surface area contributed by atoms with E-state index in [0.717, 1.165) is 39.6 Å². The van der Waals surface area contributed by atoms with E-state index in [-0.39, 0.29) is 23.8 Å². The molecule has 1 aliphatic heterocycles. The van der Waals surface area contributed by atoms with Crippen LogP contribution >= 0.6 is 0 Å². The number of rotatable bonds is 4. The number of hydrogen-bond acceptors (Lipinski definition) is 3. The molecule has 1 fully saturated rings. The molecular formula is C30H29N3O2. The molecule has 0 saturated carbocycles. The van der Waals surface area contributed by atoms with E-state index < -0.39 is 0 Å². The maximum Gasteiger partial charge on any atom is 0.254 e. The number of aryl methyl sites for hydroxylation is 2. The number of fused-ring (bicyclic) bond motifs is 1. The van der Waals surface area contributed by atoms with E-state index in [1.54, 1.807) is 6.20 Å². The fraction of sp³-hybridized carbons (Fsp3) is 0.233. The van der Waals surface area contributed by atoms with E-state index in [4.69, 9.17) is 0 Å². The van der Waals surface area contributed by atoms with E-state index >= 15 is 0 Å². The lowest BCUT2D eigenvalue weighted by Gasteiger charge is -2.41. The van der Waals surface area contributed by atoms with Crippen molar-refractivity contribution >= 4 is 28.4 Å². The summed E-state index contributed by atoms with van der Waals surface area (Å²) < 4.78 is 0. The van der Waals surface area contributed by atoms with Gasteiger partial charge < -0.3 is 10.2 Å². The van der Waals surface area contributed by atoms with Crippen molar-refractivity contribution in [3.63, 3.8) is 0 Å². The lowest BCUT2D eigenvalue weighted by atomic mass is 9.83. The van der Waals surface area contributed by atoms with Crippen molar-refractivity contribution in [1.82, 2.24) is 9.88 Å². The highest BCUT2D eigenvalue weighted by atomic mass is 16.2. The number of nitrogens with zero attached hydrogens (tertiary/aromatic N) is 2. The minimum absolute atomic E-state index is 0.0122. The number of benzene rings is 3. The Hall–Kier alpha value is -3.99. The van der Waals surface area contributed by atoms with Crippen LogP contribution in [0.1, 0.15) is 45.9 Å². The number of anilines is 1. The molecule has 0 spiro atoms. The molecule has 2 atom stereocenters. The summed E-state index contributed by atoms with van der Waals surface area (Å²) in [6, 6.07) is 25.2. The second-order valence-corrected chi connectivity index (χ2v) is 9.27. The molecule has 35 heavy (non-hydrogen) atoms. The van der Waals surface area contributed by atoms with Crippen molar-refractivity contribution in [1.29, 1.82) is 0 Å². The second-order valence-electron chi connectivity index (χ2n) is 9.27. The first kappa shape index (κ1) is 22.8. The lowest BCUT2D eigenvalue weighted by Crippen LogP contribution is -2.46. The molecule has 1 aliphatic rings. The van der Waals surface area contributed by atoms with E-state index in [1.807, 2.05) is 97.6 Å². The third kappa shape index (κ3) is 4.54. The molecule has 0 aliphatic carbocycles. The Bertz CT molecular complexity index is 1360. The SMILES string of the molecule is Cc1cccc(C)c1C(=O)N1CCC[C@H](C(=O)Nc2ccc3cccnc3c2)[C@@H]1c1ccccc1. The summed E-state index contributed by atoms with van der Waals surface area (Å²) in [4.78, 5) is 33.8. The highest BCUT2D eigenvalue weighted by Crippen LogP contribution is 2.38. The van der Waals surface area contributed by atoms with Gasteiger partial charge in [0.25, 0.3) is 5.91 Å². The van der Waals surface area contributed by atoms with E-state index in [1.165, 1.54) is 0 Å². The molecular weight excluding hydrogens is 434 g/mol. The number of pyridine rings is 1. The maximum absolute atomic E-state index is 13.9. The van der Waals surface area contributed by atoms with Crippen LogP contribution in [-0.2, 0) is 4.79 Å². The molecule has 2 amide bonds. The van der Waals surface area contributed by atoms with Crippen molar-refractivity contribution in [2.75, 3.05) is 11.9 Å². The van der Waals surface area contributed by atoms with Gasteiger partial charge in [-0.15, -0.1) is 0 Å². The van der Waals surface area contributed by atoms with Crippen LogP contribution < -0.4 is 5.32 Å². The number of likely N-dealkylation sites (tertiary alicyclic amines) is 1. The number of carbonyl (C=O) groups excluding carboxylic acids is 2. The van der Waals surface area contributed by atoms with Crippen LogP contribution in [0.15, 0.2) is 85.1 Å². The van der Waals surface area contributed by atoms with Crippen LogP contribution in [0.2, 0.25) is 0 Å². The molecule has 5 nitrogen and oxygen atoms in total. The average molecular weight is 464 g/mol. The van der Waals surface area contributed by atoms with Gasteiger partial charge in [0, 0.05) is 29.4 Å². The van der Waals surface area contributed by atoms with Gasteiger partial charge in [-0.25, -0.2) is 0 Å². The van der Waals surface area contributed by atoms with E-state index in [9.17, 15) is 9.59 Å². The van der Waals surface area contributed by atoms with Crippen molar-refractivity contribution in [3.05, 3.63) is 107 Å². The minimum atomic E-state index is -0.362. The third-order valence-corrected chi connectivity index (χ3v) is 6.94. The number of aromatic nitrogens is 1. The van der Waals surface area contributed by atoms with Crippen LogP contribution in [-0.4, -0.2) is 28.2 Å². The molecule has 3 aromatic carbocycles. The first-order valence-electron chi connectivity index (χ1n) is 12.1. The Morgan fingerprint density at radius 2 is 1.69 bits per heavy atom. The van der Waals surface area contributed by atoms with Crippen molar-refractivity contribution < 1.29 is 9.59 Å². The monoisotopic (exact) mass is 463 g/mol. The number of amides is 2. The zero-order valence-corrected chi connectivity index (χ0v) is 20.1. The number of nitrogens with one attached hydrogen (secondary N) is 1. The van der Waals surface area contributed by atoms with Gasteiger partial charge in [-0.05, 0) is 61.6 Å². The van der Waals surface area contributed by atoms with Crippen LogP contribution in [0, 0.1) is 19.8 Å². The average Bonchev–Trinajstić information content (AvgIpc) is 2.88. The fourth-order valence-electron chi connectivity index (χ4n) is 5.24. The molecule has 1 saturated heterocycles. The molecule has 2 heterocycles.